The molecular weight excluding hydrogens is 164 g/mol. The maximum absolute atomic E-state index is 5.50. The molecule has 3 heteroatoms. The quantitative estimate of drug-likeness (QED) is 0.383. The van der Waals surface area contributed by atoms with Crippen LogP contribution in [-0.2, 0) is 4.74 Å². The van der Waals surface area contributed by atoms with Crippen LogP contribution < -0.4 is 11.3 Å². The topological polar surface area (TPSA) is 47.3 Å². The zero-order valence-electron chi connectivity index (χ0n) is 8.17. The highest BCUT2D eigenvalue weighted by Gasteiger charge is 2.22. The van der Waals surface area contributed by atoms with Crippen molar-refractivity contribution in [2.45, 2.75) is 31.7 Å². The maximum Gasteiger partial charge on any atom is 0.0509 e. The minimum atomic E-state index is 0.387. The molecule has 0 spiro atoms. The van der Waals surface area contributed by atoms with Crippen molar-refractivity contribution in [1.82, 2.24) is 5.43 Å². The Kier molecular flexibility index (Phi) is 5.05. The second-order valence-electron chi connectivity index (χ2n) is 3.62. The first-order valence-corrected chi connectivity index (χ1v) is 5.03. The van der Waals surface area contributed by atoms with E-state index in [1.165, 1.54) is 6.42 Å². The van der Waals surface area contributed by atoms with E-state index in [0.29, 0.717) is 12.0 Å². The van der Waals surface area contributed by atoms with Crippen LogP contribution in [0.2, 0.25) is 0 Å². The Labute approximate surface area is 80.3 Å². The molecule has 1 heterocycles. The molecule has 0 aromatic rings. The van der Waals surface area contributed by atoms with Crippen molar-refractivity contribution in [3.63, 3.8) is 0 Å². The number of hydrazine groups is 1. The zero-order chi connectivity index (χ0) is 9.52. The molecule has 0 aromatic heterocycles. The molecule has 3 N–H and O–H groups in total. The fourth-order valence-corrected chi connectivity index (χ4v) is 1.84. The molecule has 13 heavy (non-hydrogen) atoms. The zero-order valence-corrected chi connectivity index (χ0v) is 8.17. The van der Waals surface area contributed by atoms with Gasteiger partial charge in [0, 0.05) is 12.6 Å². The van der Waals surface area contributed by atoms with Crippen LogP contribution in [-0.4, -0.2) is 19.3 Å². The van der Waals surface area contributed by atoms with Crippen molar-refractivity contribution >= 4 is 0 Å². The number of nitrogens with one attached hydrogen (secondary N) is 1. The second-order valence-corrected chi connectivity index (χ2v) is 3.62. The lowest BCUT2D eigenvalue weighted by Gasteiger charge is -2.29. The van der Waals surface area contributed by atoms with Crippen molar-refractivity contribution in [3.8, 4) is 0 Å². The summed E-state index contributed by atoms with van der Waals surface area (Å²) in [5, 5.41) is 0. The maximum atomic E-state index is 5.50. The van der Waals surface area contributed by atoms with E-state index >= 15 is 0 Å². The first-order chi connectivity index (χ1) is 6.38. The van der Waals surface area contributed by atoms with E-state index in [-0.39, 0.29) is 0 Å². The van der Waals surface area contributed by atoms with Crippen molar-refractivity contribution in [2.24, 2.45) is 11.8 Å². The SMILES string of the molecule is C=CCCC(NN)C1CCCOC1. The average molecular weight is 184 g/mol. The molecule has 0 aliphatic carbocycles. The summed E-state index contributed by atoms with van der Waals surface area (Å²) < 4.78 is 5.42. The molecule has 0 saturated carbocycles. The Hall–Kier alpha value is -0.380. The lowest BCUT2D eigenvalue weighted by atomic mass is 9.91. The van der Waals surface area contributed by atoms with Gasteiger partial charge < -0.3 is 4.74 Å². The summed E-state index contributed by atoms with van der Waals surface area (Å²) in [7, 11) is 0. The molecule has 3 nitrogen and oxygen atoms in total. The summed E-state index contributed by atoms with van der Waals surface area (Å²) in [4.78, 5) is 0. The molecule has 1 fully saturated rings. The Balaban J connectivity index is 2.29. The molecule has 76 valence electrons. The van der Waals surface area contributed by atoms with Crippen molar-refractivity contribution in [1.29, 1.82) is 0 Å². The standard InChI is InChI=1S/C10H20N2O/c1-2-3-6-10(12-11)9-5-4-7-13-8-9/h2,9-10,12H,1,3-8,11H2. The third kappa shape index (κ3) is 3.46. The van der Waals surface area contributed by atoms with Gasteiger partial charge in [-0.05, 0) is 31.6 Å². The monoisotopic (exact) mass is 184 g/mol. The van der Waals surface area contributed by atoms with Gasteiger partial charge >= 0.3 is 0 Å². The molecule has 0 bridgehead atoms. The molecule has 1 aliphatic heterocycles. The first kappa shape index (κ1) is 10.7. The van der Waals surface area contributed by atoms with Gasteiger partial charge in [0.2, 0.25) is 0 Å². The molecule has 2 unspecified atom stereocenters. The second kappa shape index (κ2) is 6.13. The summed E-state index contributed by atoms with van der Waals surface area (Å²) in [5.41, 5.74) is 2.88. The molecule has 0 amide bonds. The van der Waals surface area contributed by atoms with E-state index < -0.39 is 0 Å². The summed E-state index contributed by atoms with van der Waals surface area (Å²) in [6, 6.07) is 0.387. The lowest BCUT2D eigenvalue weighted by molar-refractivity contribution is 0.0381. The minimum Gasteiger partial charge on any atom is -0.381 e. The minimum absolute atomic E-state index is 0.387. The highest BCUT2D eigenvalue weighted by molar-refractivity contribution is 4.79. The fraction of sp³-hybridized carbons (Fsp3) is 0.800. The van der Waals surface area contributed by atoms with Gasteiger partial charge in [-0.3, -0.25) is 11.3 Å². The molecular formula is C10H20N2O. The van der Waals surface area contributed by atoms with Crippen LogP contribution in [0.25, 0.3) is 0 Å². The Morgan fingerprint density at radius 3 is 3.08 bits per heavy atom. The first-order valence-electron chi connectivity index (χ1n) is 5.03. The largest absolute Gasteiger partial charge is 0.381 e. The predicted molar refractivity (Wildman–Crippen MR) is 54.1 cm³/mol. The third-order valence-electron chi connectivity index (χ3n) is 2.66. The van der Waals surface area contributed by atoms with Crippen molar-refractivity contribution in [2.75, 3.05) is 13.2 Å². The molecule has 0 radical (unpaired) electrons. The molecule has 1 saturated heterocycles. The van der Waals surface area contributed by atoms with E-state index in [1.54, 1.807) is 0 Å². The molecule has 1 rings (SSSR count). The van der Waals surface area contributed by atoms with E-state index in [9.17, 15) is 0 Å². The van der Waals surface area contributed by atoms with Crippen LogP contribution in [0.1, 0.15) is 25.7 Å². The Morgan fingerprint density at radius 1 is 1.69 bits per heavy atom. The van der Waals surface area contributed by atoms with Gasteiger partial charge in [0.05, 0.1) is 6.61 Å². The van der Waals surface area contributed by atoms with Gasteiger partial charge in [-0.1, -0.05) is 6.08 Å². The third-order valence-corrected chi connectivity index (χ3v) is 2.66. The Morgan fingerprint density at radius 2 is 2.54 bits per heavy atom. The van der Waals surface area contributed by atoms with Gasteiger partial charge in [0.15, 0.2) is 0 Å². The summed E-state index contributed by atoms with van der Waals surface area (Å²) in [5.74, 6) is 6.09. The highest BCUT2D eigenvalue weighted by atomic mass is 16.5. The van der Waals surface area contributed by atoms with E-state index in [2.05, 4.69) is 12.0 Å². The number of ether oxygens (including phenoxy) is 1. The van der Waals surface area contributed by atoms with Crippen LogP contribution in [0.15, 0.2) is 12.7 Å². The number of hydrogen-bond acceptors (Lipinski definition) is 3. The normalized spacial score (nSPS) is 25.5. The highest BCUT2D eigenvalue weighted by Crippen LogP contribution is 2.19. The van der Waals surface area contributed by atoms with Gasteiger partial charge in [-0.2, -0.15) is 0 Å². The van der Waals surface area contributed by atoms with Crippen molar-refractivity contribution < 1.29 is 4.74 Å². The van der Waals surface area contributed by atoms with Crippen molar-refractivity contribution in [3.05, 3.63) is 12.7 Å². The average Bonchev–Trinajstić information content (AvgIpc) is 2.21. The van der Waals surface area contributed by atoms with E-state index in [4.69, 9.17) is 10.6 Å². The molecule has 0 aromatic carbocycles. The predicted octanol–water partition coefficient (Wildman–Crippen LogP) is 1.21. The number of nitrogens with two attached hydrogens (primary N) is 1. The molecule has 1 aliphatic rings. The summed E-state index contributed by atoms with van der Waals surface area (Å²) in [6.07, 6.45) is 6.41. The lowest BCUT2D eigenvalue weighted by Crippen LogP contribution is -2.43. The Bertz CT molecular complexity index is 144. The van der Waals surface area contributed by atoms with Gasteiger partial charge in [-0.15, -0.1) is 6.58 Å². The summed E-state index contributed by atoms with van der Waals surface area (Å²) in [6.45, 7) is 5.48. The van der Waals surface area contributed by atoms with Crippen LogP contribution in [0.5, 0.6) is 0 Å². The molecule has 2 atom stereocenters. The smallest absolute Gasteiger partial charge is 0.0509 e. The fourth-order valence-electron chi connectivity index (χ4n) is 1.84. The number of hydrogen-bond donors (Lipinski definition) is 2. The van der Waals surface area contributed by atoms with E-state index in [1.807, 2.05) is 6.08 Å². The van der Waals surface area contributed by atoms with Gasteiger partial charge in [-0.25, -0.2) is 0 Å². The number of allylic oxidation sites excluding steroid dienone is 1. The van der Waals surface area contributed by atoms with Crippen LogP contribution in [0, 0.1) is 5.92 Å². The van der Waals surface area contributed by atoms with Crippen LogP contribution >= 0.6 is 0 Å². The van der Waals surface area contributed by atoms with E-state index in [0.717, 1.165) is 32.5 Å². The van der Waals surface area contributed by atoms with Gasteiger partial charge in [0.25, 0.3) is 0 Å². The van der Waals surface area contributed by atoms with Crippen LogP contribution in [0.4, 0.5) is 0 Å². The number of rotatable bonds is 5. The van der Waals surface area contributed by atoms with Crippen LogP contribution in [0.3, 0.4) is 0 Å². The summed E-state index contributed by atoms with van der Waals surface area (Å²) >= 11 is 0. The van der Waals surface area contributed by atoms with Gasteiger partial charge in [0.1, 0.15) is 0 Å².